The van der Waals surface area contributed by atoms with Gasteiger partial charge in [0.15, 0.2) is 0 Å². The fraction of sp³-hybridized carbons (Fsp3) is 0.439. The van der Waals surface area contributed by atoms with Gasteiger partial charge in [0.1, 0.15) is 0 Å². The van der Waals surface area contributed by atoms with Gasteiger partial charge in [-0.05, 0) is 0 Å². The second-order valence-electron chi connectivity index (χ2n) is 23.4. The molecule has 0 saturated heterocycles. The second-order valence-corrected chi connectivity index (χ2v) is 130. The molecule has 0 bridgehead atoms. The molecule has 0 aromatic heterocycles. The predicted molar refractivity (Wildman–Crippen MR) is 294 cm³/mol. The maximum absolute atomic E-state index is 9.54. The minimum absolute atomic E-state index is 0.0168. The average Bonchev–Trinajstić information content (AvgIpc) is 3.99. The molecular weight excluding hydrogens is 1070 g/mol. The molecule has 0 N–H and O–H groups in total. The van der Waals surface area contributed by atoms with E-state index in [-0.39, 0.29) is 14.5 Å². The third-order valence-corrected chi connectivity index (χ3v) is 128. The molecule has 4 aromatic rings. The van der Waals surface area contributed by atoms with Crippen LogP contribution in [0, 0.1) is 0 Å². The molecule has 0 aliphatic heterocycles. The van der Waals surface area contributed by atoms with Gasteiger partial charge in [-0.25, -0.2) is 0 Å². The Balaban J connectivity index is 1.41. The zero-order valence-corrected chi connectivity index (χ0v) is 52.7. The van der Waals surface area contributed by atoms with E-state index in [0.717, 1.165) is 14.7 Å². The summed E-state index contributed by atoms with van der Waals surface area (Å²) in [5, 5.41) is 0. The molecule has 4 unspecified atom stereocenters. The molecule has 348 valence electrons. The Hall–Kier alpha value is -0.800. The van der Waals surface area contributed by atoms with E-state index in [9.17, 15) is 34.1 Å². The quantitative estimate of drug-likeness (QED) is 0.110. The second kappa shape index (κ2) is 16.4. The van der Waals surface area contributed by atoms with Crippen molar-refractivity contribution in [3.63, 3.8) is 0 Å². The normalized spacial score (nSPS) is 22.9. The van der Waals surface area contributed by atoms with Crippen molar-refractivity contribution in [1.82, 2.24) is 0 Å². The maximum atomic E-state index is 9.54. The first kappa shape index (κ1) is 50.6. The van der Waals surface area contributed by atoms with Crippen molar-refractivity contribution in [1.29, 1.82) is 0 Å². The molecule has 65 heavy (non-hydrogen) atoms. The van der Waals surface area contributed by atoms with E-state index < -0.39 is 41.4 Å². The van der Waals surface area contributed by atoms with Crippen LogP contribution in [0.1, 0.15) is 194 Å². The minimum atomic E-state index is -5.88. The van der Waals surface area contributed by atoms with Crippen LogP contribution in [0.15, 0.2) is 95.1 Å². The van der Waals surface area contributed by atoms with Gasteiger partial charge in [-0.1, -0.05) is 0 Å². The fourth-order valence-corrected chi connectivity index (χ4v) is 104. The summed E-state index contributed by atoms with van der Waals surface area (Å²) >= 11 is -11.8. The van der Waals surface area contributed by atoms with Crippen molar-refractivity contribution < 1.29 is 28.1 Å². The van der Waals surface area contributed by atoms with E-state index in [1.54, 1.807) is 0 Å². The number of allylic oxidation sites excluding steroid dienone is 4. The molecule has 8 rings (SSSR count). The van der Waals surface area contributed by atoms with Crippen LogP contribution >= 0.6 is 34.1 Å². The van der Waals surface area contributed by atoms with Crippen LogP contribution in [0.5, 0.6) is 0 Å². The Morgan fingerprint density at radius 3 is 0.800 bits per heavy atom. The summed E-state index contributed by atoms with van der Waals surface area (Å²) < 4.78 is 1.51. The molecule has 4 aromatic carbocycles. The van der Waals surface area contributed by atoms with Crippen LogP contribution in [0.4, 0.5) is 0 Å². The SMILES string of the molecule is C[SiH2][Zr]([Cl])([Cl])([CH2]C[CH2][Zr]([Cl])([Cl])([SiH2]C)([CH]1C(C)=Cc2c(C(C)C)cccc21)[CH]1C(C)=Cc2c(C(C)C)cccc21)([CH]1C(C)=Cc2c(C(C)C)cccc21)[CH]1C(C)=Cc2c(C(C)C)cccc21. The Kier molecular flexibility index (Phi) is 12.7. The van der Waals surface area contributed by atoms with E-state index >= 15 is 0 Å². The molecule has 0 amide bonds. The predicted octanol–water partition coefficient (Wildman–Crippen LogP) is 18.7. The van der Waals surface area contributed by atoms with E-state index in [1.807, 2.05) is 0 Å². The standard InChI is InChI=1S/4C13H15.C3H6.2CH5Si.4ClH.2Zr/c4*1-9(2)12-6-4-5-11-7-10(3)8-13(11)12;1-3-2;2*1-2;;;;;;/h4*4-9H,1-3H3;1-3H2;2*2H2,1H3;4*1H;;/q;;;;;;;;;;;2*+2/p-4. The van der Waals surface area contributed by atoms with Crippen LogP contribution in [0.25, 0.3) is 24.3 Å². The van der Waals surface area contributed by atoms with Gasteiger partial charge in [-0.3, -0.25) is 0 Å². The molecule has 0 radical (unpaired) electrons. The summed E-state index contributed by atoms with van der Waals surface area (Å²) in [6.07, 6.45) is 10.8. The van der Waals surface area contributed by atoms with E-state index in [4.69, 9.17) is 0 Å². The third-order valence-electron chi connectivity index (χ3n) is 18.4. The van der Waals surface area contributed by atoms with Gasteiger partial charge in [0.05, 0.1) is 0 Å². The van der Waals surface area contributed by atoms with Gasteiger partial charge in [-0.2, -0.15) is 0 Å². The van der Waals surface area contributed by atoms with Crippen LogP contribution < -0.4 is 0 Å². The first-order valence-electron chi connectivity index (χ1n) is 25.1. The third kappa shape index (κ3) is 7.21. The van der Waals surface area contributed by atoms with Crippen LogP contribution in [0.3, 0.4) is 0 Å². The molecular formula is C57H76Cl4Si2Zr2. The monoisotopic (exact) mass is 1140 g/mol. The van der Waals surface area contributed by atoms with Gasteiger partial charge in [0.2, 0.25) is 0 Å². The van der Waals surface area contributed by atoms with Gasteiger partial charge in [0, 0.05) is 0 Å². The Labute approximate surface area is 406 Å². The first-order valence-corrected chi connectivity index (χ1v) is 61.6. The van der Waals surface area contributed by atoms with Crippen LogP contribution in [-0.4, -0.2) is 13.3 Å². The fourth-order valence-electron chi connectivity index (χ4n) is 15.6. The van der Waals surface area contributed by atoms with Crippen molar-refractivity contribution in [2.75, 3.05) is 0 Å². The summed E-state index contributed by atoms with van der Waals surface area (Å²) in [7, 11) is 38.2. The number of benzene rings is 4. The summed E-state index contributed by atoms with van der Waals surface area (Å²) in [5.74, 6) is 1.54. The van der Waals surface area contributed by atoms with Gasteiger partial charge < -0.3 is 0 Å². The topological polar surface area (TPSA) is 0 Å². The summed E-state index contributed by atoms with van der Waals surface area (Å²) in [6, 6.07) is 28.0. The summed E-state index contributed by atoms with van der Waals surface area (Å²) in [4.78, 5) is 0. The molecule has 4 aliphatic rings. The average molecular weight is 1140 g/mol. The molecule has 0 heterocycles. The molecule has 4 atom stereocenters. The molecule has 4 aliphatic carbocycles. The van der Waals surface area contributed by atoms with Crippen LogP contribution in [0.2, 0.25) is 21.4 Å². The zero-order chi connectivity index (χ0) is 47.5. The number of halogens is 4. The molecule has 0 saturated carbocycles. The number of rotatable bonds is 14. The van der Waals surface area contributed by atoms with Crippen molar-refractivity contribution in [2.45, 2.75) is 149 Å². The molecule has 0 fully saturated rings. The van der Waals surface area contributed by atoms with Crippen molar-refractivity contribution >= 4 is 71.6 Å². The van der Waals surface area contributed by atoms with Crippen molar-refractivity contribution in [3.8, 4) is 0 Å². The van der Waals surface area contributed by atoms with E-state index in [2.05, 4.69) is 193 Å². The van der Waals surface area contributed by atoms with Crippen molar-refractivity contribution in [3.05, 3.63) is 162 Å². The van der Waals surface area contributed by atoms with Gasteiger partial charge >= 0.3 is 411 Å². The Morgan fingerprint density at radius 2 is 0.615 bits per heavy atom. The summed E-state index contributed by atoms with van der Waals surface area (Å²) in [5.41, 5.74) is 21.8. The Bertz CT molecular complexity index is 2440. The summed E-state index contributed by atoms with van der Waals surface area (Å²) in [6.45, 7) is 30.7. The van der Waals surface area contributed by atoms with Gasteiger partial charge in [-0.15, -0.1) is 0 Å². The molecule has 0 nitrogen and oxygen atoms in total. The number of hydrogen-bond acceptors (Lipinski definition) is 0. The van der Waals surface area contributed by atoms with E-state index in [0.29, 0.717) is 23.7 Å². The zero-order valence-electron chi connectivity index (χ0n) is 41.9. The number of fused-ring (bicyclic) bond motifs is 4. The van der Waals surface area contributed by atoms with Crippen molar-refractivity contribution in [2.24, 2.45) is 0 Å². The molecule has 8 heteroatoms. The van der Waals surface area contributed by atoms with E-state index in [1.165, 1.54) is 89.1 Å². The van der Waals surface area contributed by atoms with Crippen LogP contribution in [-0.2, 0) is 28.1 Å². The molecule has 0 spiro atoms. The Morgan fingerprint density at radius 1 is 0.400 bits per heavy atom. The first-order chi connectivity index (χ1) is 30.3. The number of hydrogen-bond donors (Lipinski definition) is 0. The van der Waals surface area contributed by atoms with Gasteiger partial charge in [0.25, 0.3) is 0 Å².